The van der Waals surface area contributed by atoms with E-state index in [1.807, 2.05) is 0 Å². The summed E-state index contributed by atoms with van der Waals surface area (Å²) in [7, 11) is -3.54. The second-order valence-electron chi connectivity index (χ2n) is 6.08. The lowest BCUT2D eigenvalue weighted by molar-refractivity contribution is 0.212. The third kappa shape index (κ3) is 3.70. The quantitative estimate of drug-likeness (QED) is 0.896. The number of nitrogens with one attached hydrogen (secondary N) is 1. The largest absolute Gasteiger partial charge is 0.508 e. The lowest BCUT2D eigenvalue weighted by Crippen LogP contribution is -2.40. The highest BCUT2D eigenvalue weighted by Crippen LogP contribution is 2.35. The van der Waals surface area contributed by atoms with Crippen LogP contribution in [0, 0.1) is 5.41 Å². The van der Waals surface area contributed by atoms with E-state index in [1.54, 1.807) is 0 Å². The van der Waals surface area contributed by atoms with Crippen molar-refractivity contribution in [2.45, 2.75) is 50.5 Å². The Kier molecular flexibility index (Phi) is 3.87. The highest BCUT2D eigenvalue weighted by Gasteiger charge is 2.30. The van der Waals surface area contributed by atoms with Crippen molar-refractivity contribution in [2.24, 2.45) is 5.41 Å². The number of phenols is 1. The molecular formula is C14H21NO3S. The minimum atomic E-state index is -3.54. The van der Waals surface area contributed by atoms with Crippen LogP contribution < -0.4 is 4.72 Å². The van der Waals surface area contributed by atoms with Crippen molar-refractivity contribution >= 4 is 10.0 Å². The average molecular weight is 283 g/mol. The van der Waals surface area contributed by atoms with Gasteiger partial charge in [0, 0.05) is 6.04 Å². The molecule has 2 rings (SSSR count). The molecule has 4 nitrogen and oxygen atoms in total. The van der Waals surface area contributed by atoms with Crippen LogP contribution in [0.2, 0.25) is 0 Å². The van der Waals surface area contributed by atoms with Crippen molar-refractivity contribution in [3.8, 4) is 5.75 Å². The van der Waals surface area contributed by atoms with Gasteiger partial charge in [-0.25, -0.2) is 13.1 Å². The summed E-state index contributed by atoms with van der Waals surface area (Å²) in [6.45, 7) is 4.34. The van der Waals surface area contributed by atoms with Gasteiger partial charge in [0.15, 0.2) is 0 Å². The monoisotopic (exact) mass is 283 g/mol. The molecule has 106 valence electrons. The molecule has 2 N–H and O–H groups in total. The van der Waals surface area contributed by atoms with E-state index in [2.05, 4.69) is 18.6 Å². The molecule has 1 aliphatic rings. The fourth-order valence-corrected chi connectivity index (χ4v) is 4.05. The van der Waals surface area contributed by atoms with Crippen LogP contribution in [-0.4, -0.2) is 19.6 Å². The van der Waals surface area contributed by atoms with E-state index in [4.69, 9.17) is 0 Å². The summed E-state index contributed by atoms with van der Waals surface area (Å²) in [5.41, 5.74) is 0.185. The molecule has 19 heavy (non-hydrogen) atoms. The van der Waals surface area contributed by atoms with Crippen LogP contribution in [0.15, 0.2) is 29.2 Å². The van der Waals surface area contributed by atoms with Gasteiger partial charge in [-0.05, 0) is 42.9 Å². The van der Waals surface area contributed by atoms with Crippen molar-refractivity contribution in [3.63, 3.8) is 0 Å². The molecule has 1 atom stereocenters. The van der Waals surface area contributed by atoms with Gasteiger partial charge >= 0.3 is 0 Å². The van der Waals surface area contributed by atoms with Crippen LogP contribution in [-0.2, 0) is 10.0 Å². The Labute approximate surface area is 114 Å². The molecule has 1 aromatic rings. The number of benzene rings is 1. The molecule has 1 aliphatic carbocycles. The topological polar surface area (TPSA) is 66.4 Å². The van der Waals surface area contributed by atoms with Crippen molar-refractivity contribution < 1.29 is 13.5 Å². The number of rotatable bonds is 3. The number of hydrogen-bond donors (Lipinski definition) is 2. The molecule has 0 spiro atoms. The molecule has 5 heteroatoms. The van der Waals surface area contributed by atoms with Crippen LogP contribution in [0.4, 0.5) is 0 Å². The maximum absolute atomic E-state index is 12.2. The normalized spacial score (nSPS) is 23.2. The van der Waals surface area contributed by atoms with Crippen molar-refractivity contribution in [3.05, 3.63) is 24.3 Å². The first-order chi connectivity index (χ1) is 8.78. The van der Waals surface area contributed by atoms with Crippen LogP contribution in [0.25, 0.3) is 0 Å². The second-order valence-corrected chi connectivity index (χ2v) is 7.79. The van der Waals surface area contributed by atoms with E-state index < -0.39 is 10.0 Å². The smallest absolute Gasteiger partial charge is 0.240 e. The van der Waals surface area contributed by atoms with Gasteiger partial charge in [-0.2, -0.15) is 0 Å². The Balaban J connectivity index is 2.13. The minimum Gasteiger partial charge on any atom is -0.508 e. The predicted octanol–water partition coefficient (Wildman–Crippen LogP) is 2.64. The Hall–Kier alpha value is -1.07. The number of phenolic OH excluding ortho intramolecular Hbond substituents is 1. The number of sulfonamides is 1. The molecule has 0 bridgehead atoms. The molecule has 0 aromatic heterocycles. The standard InChI is InChI=1S/C14H21NO3S/c1-14(2)8-4-5-11(10-14)15-19(17,18)13-7-3-6-12(16)9-13/h3,6-7,9,11,15-16H,4-5,8,10H2,1-2H3. The second kappa shape index (κ2) is 5.13. The zero-order valence-corrected chi connectivity index (χ0v) is 12.2. The lowest BCUT2D eigenvalue weighted by Gasteiger charge is -2.35. The predicted molar refractivity (Wildman–Crippen MR) is 74.5 cm³/mol. The lowest BCUT2D eigenvalue weighted by atomic mass is 9.75. The Morgan fingerprint density at radius 1 is 1.37 bits per heavy atom. The Morgan fingerprint density at radius 3 is 2.74 bits per heavy atom. The molecule has 0 heterocycles. The number of aromatic hydroxyl groups is 1. The molecule has 1 saturated carbocycles. The first kappa shape index (κ1) is 14.3. The minimum absolute atomic E-state index is 0.0175. The van der Waals surface area contributed by atoms with Crippen LogP contribution >= 0.6 is 0 Å². The maximum Gasteiger partial charge on any atom is 0.240 e. The van der Waals surface area contributed by atoms with E-state index in [1.165, 1.54) is 24.3 Å². The fourth-order valence-electron chi connectivity index (χ4n) is 2.74. The van der Waals surface area contributed by atoms with E-state index in [0.29, 0.717) is 0 Å². The van der Waals surface area contributed by atoms with Crippen molar-refractivity contribution in [1.82, 2.24) is 4.72 Å². The van der Waals surface area contributed by atoms with E-state index >= 15 is 0 Å². The third-order valence-corrected chi connectivity index (χ3v) is 5.17. The van der Waals surface area contributed by atoms with Gasteiger partial charge in [-0.1, -0.05) is 26.3 Å². The highest BCUT2D eigenvalue weighted by molar-refractivity contribution is 7.89. The fraction of sp³-hybridized carbons (Fsp3) is 0.571. The first-order valence-electron chi connectivity index (χ1n) is 6.60. The average Bonchev–Trinajstić information content (AvgIpc) is 2.27. The Morgan fingerprint density at radius 2 is 2.11 bits per heavy atom. The van der Waals surface area contributed by atoms with Gasteiger partial charge in [0.1, 0.15) is 5.75 Å². The highest BCUT2D eigenvalue weighted by atomic mass is 32.2. The molecular weight excluding hydrogens is 262 g/mol. The zero-order chi connectivity index (χ0) is 14.1. The zero-order valence-electron chi connectivity index (χ0n) is 11.4. The van der Waals surface area contributed by atoms with Crippen LogP contribution in [0.5, 0.6) is 5.75 Å². The Bertz CT molecular complexity index is 552. The summed E-state index contributed by atoms with van der Waals surface area (Å²) in [6, 6.07) is 5.75. The van der Waals surface area contributed by atoms with Crippen molar-refractivity contribution in [1.29, 1.82) is 0 Å². The summed E-state index contributed by atoms with van der Waals surface area (Å²) >= 11 is 0. The molecule has 0 saturated heterocycles. The van der Waals surface area contributed by atoms with Crippen LogP contribution in [0.3, 0.4) is 0 Å². The van der Waals surface area contributed by atoms with E-state index in [-0.39, 0.29) is 22.1 Å². The van der Waals surface area contributed by atoms with E-state index in [9.17, 15) is 13.5 Å². The maximum atomic E-state index is 12.2. The summed E-state index contributed by atoms with van der Waals surface area (Å²) in [4.78, 5) is 0.121. The van der Waals surface area contributed by atoms with Gasteiger partial charge in [0.25, 0.3) is 0 Å². The summed E-state index contributed by atoms with van der Waals surface area (Å²) < 4.78 is 27.2. The van der Waals surface area contributed by atoms with Crippen molar-refractivity contribution in [2.75, 3.05) is 0 Å². The molecule has 1 aromatic carbocycles. The molecule has 1 fully saturated rings. The van der Waals surface area contributed by atoms with Gasteiger partial charge in [0.05, 0.1) is 4.90 Å². The third-order valence-electron chi connectivity index (χ3n) is 3.65. The van der Waals surface area contributed by atoms with Gasteiger partial charge in [-0.15, -0.1) is 0 Å². The van der Waals surface area contributed by atoms with Gasteiger partial charge in [-0.3, -0.25) is 0 Å². The molecule has 0 amide bonds. The summed E-state index contributed by atoms with van der Waals surface area (Å²) in [5.74, 6) is -0.0353. The molecule has 0 aliphatic heterocycles. The molecule has 1 unspecified atom stereocenters. The van der Waals surface area contributed by atoms with Gasteiger partial charge in [0.2, 0.25) is 10.0 Å². The van der Waals surface area contributed by atoms with E-state index in [0.717, 1.165) is 25.7 Å². The van der Waals surface area contributed by atoms with Gasteiger partial charge < -0.3 is 5.11 Å². The molecule has 0 radical (unpaired) electrons. The SMILES string of the molecule is CC1(C)CCCC(NS(=O)(=O)c2cccc(O)c2)C1. The summed E-state index contributed by atoms with van der Waals surface area (Å²) in [6.07, 6.45) is 3.91. The summed E-state index contributed by atoms with van der Waals surface area (Å²) in [5, 5.41) is 9.37. The number of hydrogen-bond acceptors (Lipinski definition) is 3. The van der Waals surface area contributed by atoms with Crippen LogP contribution in [0.1, 0.15) is 39.5 Å². The first-order valence-corrected chi connectivity index (χ1v) is 8.08.